The fraction of sp³-hybridized carbons (Fsp3) is 0.133. The van der Waals surface area contributed by atoms with Crippen LogP contribution < -0.4 is 4.83 Å². The SMILES string of the molecule is O=C1CS[C@H](c2ccc(O)cc2)N1NS(=O)(=O)c1ccccc1. The molecule has 8 heteroatoms. The maximum atomic E-state index is 12.4. The molecule has 1 fully saturated rings. The van der Waals surface area contributed by atoms with Gasteiger partial charge in [0.15, 0.2) is 0 Å². The van der Waals surface area contributed by atoms with E-state index in [0.717, 1.165) is 10.6 Å². The minimum absolute atomic E-state index is 0.0918. The second-order valence-corrected chi connectivity index (χ2v) is 7.66. The van der Waals surface area contributed by atoms with E-state index in [1.807, 2.05) is 0 Å². The second kappa shape index (κ2) is 6.23. The number of amides is 1. The van der Waals surface area contributed by atoms with Crippen molar-refractivity contribution >= 4 is 27.7 Å². The number of nitrogens with zero attached hydrogens (tertiary/aromatic N) is 1. The number of hydrogen-bond acceptors (Lipinski definition) is 5. The van der Waals surface area contributed by atoms with Crippen LogP contribution in [0.5, 0.6) is 5.75 Å². The molecular formula is C15H14N2O4S2. The van der Waals surface area contributed by atoms with Gasteiger partial charge in [-0.25, -0.2) is 13.4 Å². The second-order valence-electron chi connectivity index (χ2n) is 4.93. The predicted octanol–water partition coefficient (Wildman–Crippen LogP) is 1.86. The molecule has 1 heterocycles. The lowest BCUT2D eigenvalue weighted by molar-refractivity contribution is -0.129. The lowest BCUT2D eigenvalue weighted by atomic mass is 10.2. The fourth-order valence-corrected chi connectivity index (χ4v) is 4.45. The number of carbonyl (C=O) groups excluding carboxylic acids is 1. The van der Waals surface area contributed by atoms with Gasteiger partial charge in [-0.3, -0.25) is 4.79 Å². The quantitative estimate of drug-likeness (QED) is 0.879. The number of phenols is 1. The zero-order valence-electron chi connectivity index (χ0n) is 11.9. The van der Waals surface area contributed by atoms with E-state index in [-0.39, 0.29) is 22.3 Å². The highest BCUT2D eigenvalue weighted by molar-refractivity contribution is 8.00. The number of aromatic hydroxyl groups is 1. The third-order valence-corrected chi connectivity index (χ3v) is 5.86. The van der Waals surface area contributed by atoms with Gasteiger partial charge in [0, 0.05) is 0 Å². The topological polar surface area (TPSA) is 86.7 Å². The van der Waals surface area contributed by atoms with Crippen LogP contribution in [0.25, 0.3) is 0 Å². The maximum Gasteiger partial charge on any atom is 0.257 e. The minimum atomic E-state index is -3.83. The number of benzene rings is 2. The molecule has 6 nitrogen and oxygen atoms in total. The van der Waals surface area contributed by atoms with E-state index < -0.39 is 15.4 Å². The van der Waals surface area contributed by atoms with Crippen LogP contribution in [0.4, 0.5) is 0 Å². The van der Waals surface area contributed by atoms with Gasteiger partial charge >= 0.3 is 0 Å². The first-order valence-corrected chi connectivity index (χ1v) is 9.31. The normalized spacial score (nSPS) is 18.3. The highest BCUT2D eigenvalue weighted by Gasteiger charge is 2.36. The van der Waals surface area contributed by atoms with Crippen molar-refractivity contribution in [3.8, 4) is 5.75 Å². The van der Waals surface area contributed by atoms with Crippen molar-refractivity contribution in [2.24, 2.45) is 0 Å². The molecular weight excluding hydrogens is 336 g/mol. The number of nitrogens with one attached hydrogen (secondary N) is 1. The molecule has 1 amide bonds. The van der Waals surface area contributed by atoms with Crippen LogP contribution in [-0.2, 0) is 14.8 Å². The summed E-state index contributed by atoms with van der Waals surface area (Å²) < 4.78 is 24.8. The van der Waals surface area contributed by atoms with E-state index >= 15 is 0 Å². The van der Waals surface area contributed by atoms with Gasteiger partial charge in [0.1, 0.15) is 11.1 Å². The molecule has 2 N–H and O–H groups in total. The number of thioether (sulfide) groups is 1. The molecule has 0 unspecified atom stereocenters. The van der Waals surface area contributed by atoms with Crippen LogP contribution in [0.3, 0.4) is 0 Å². The molecule has 0 radical (unpaired) electrons. The number of hydrazine groups is 1. The molecule has 120 valence electrons. The van der Waals surface area contributed by atoms with Crippen LogP contribution in [0, 0.1) is 0 Å². The summed E-state index contributed by atoms with van der Waals surface area (Å²) in [6, 6.07) is 14.2. The van der Waals surface area contributed by atoms with Crippen molar-refractivity contribution < 1.29 is 18.3 Å². The van der Waals surface area contributed by atoms with Crippen molar-refractivity contribution in [1.29, 1.82) is 0 Å². The summed E-state index contributed by atoms with van der Waals surface area (Å²) in [4.78, 5) is 14.5. The highest BCUT2D eigenvalue weighted by atomic mass is 32.2. The van der Waals surface area contributed by atoms with Gasteiger partial charge < -0.3 is 5.11 Å². The van der Waals surface area contributed by atoms with Gasteiger partial charge in [0.05, 0.1) is 10.6 Å². The first kappa shape index (κ1) is 15.9. The zero-order chi connectivity index (χ0) is 16.4. The van der Waals surface area contributed by atoms with Gasteiger partial charge in [-0.05, 0) is 29.8 Å². The van der Waals surface area contributed by atoms with Gasteiger partial charge in [0.2, 0.25) is 5.91 Å². The molecule has 0 bridgehead atoms. The van der Waals surface area contributed by atoms with Crippen LogP contribution in [0.2, 0.25) is 0 Å². The molecule has 1 aliphatic heterocycles. The van der Waals surface area contributed by atoms with E-state index in [0.29, 0.717) is 0 Å². The largest absolute Gasteiger partial charge is 0.508 e. The summed E-state index contributed by atoms with van der Waals surface area (Å²) in [5, 5.41) is 10.0. The Morgan fingerprint density at radius 3 is 2.39 bits per heavy atom. The van der Waals surface area contributed by atoms with E-state index in [4.69, 9.17) is 0 Å². The Kier molecular flexibility index (Phi) is 4.29. The predicted molar refractivity (Wildman–Crippen MR) is 86.9 cm³/mol. The lowest BCUT2D eigenvalue weighted by Crippen LogP contribution is -2.44. The Balaban J connectivity index is 1.87. The van der Waals surface area contributed by atoms with Crippen LogP contribution in [0.15, 0.2) is 59.5 Å². The maximum absolute atomic E-state index is 12.4. The summed E-state index contributed by atoms with van der Waals surface area (Å²) in [7, 11) is -3.83. The molecule has 1 aliphatic rings. The highest BCUT2D eigenvalue weighted by Crippen LogP contribution is 2.38. The Bertz CT molecular complexity index is 807. The minimum Gasteiger partial charge on any atom is -0.508 e. The summed E-state index contributed by atoms with van der Waals surface area (Å²) in [6.07, 6.45) is 0. The number of sulfonamides is 1. The van der Waals surface area contributed by atoms with Crippen molar-refractivity contribution in [2.45, 2.75) is 10.3 Å². The summed E-state index contributed by atoms with van der Waals surface area (Å²) in [6.45, 7) is 0. The molecule has 0 aromatic heterocycles. The Labute approximate surface area is 138 Å². The Hall–Kier alpha value is -2.03. The van der Waals surface area contributed by atoms with Crippen LogP contribution in [-0.4, -0.2) is 30.2 Å². The van der Waals surface area contributed by atoms with Crippen molar-refractivity contribution in [1.82, 2.24) is 9.84 Å². The number of rotatable bonds is 4. The van der Waals surface area contributed by atoms with Crippen molar-refractivity contribution in [3.05, 3.63) is 60.2 Å². The average molecular weight is 350 g/mol. The first-order valence-electron chi connectivity index (χ1n) is 6.77. The van der Waals surface area contributed by atoms with Crippen molar-refractivity contribution in [3.63, 3.8) is 0 Å². The Morgan fingerprint density at radius 1 is 1.09 bits per heavy atom. The van der Waals surface area contributed by atoms with E-state index in [2.05, 4.69) is 4.83 Å². The monoisotopic (exact) mass is 350 g/mol. The molecule has 3 rings (SSSR count). The van der Waals surface area contributed by atoms with E-state index in [1.54, 1.807) is 30.3 Å². The molecule has 1 atom stereocenters. The molecule has 1 saturated heterocycles. The number of phenolic OH excluding ortho intramolecular Hbond substituents is 1. The lowest BCUT2D eigenvalue weighted by Gasteiger charge is -2.24. The van der Waals surface area contributed by atoms with Gasteiger partial charge in [-0.15, -0.1) is 16.6 Å². The molecule has 2 aromatic carbocycles. The molecule has 0 aliphatic carbocycles. The van der Waals surface area contributed by atoms with Crippen LogP contribution in [0.1, 0.15) is 10.9 Å². The van der Waals surface area contributed by atoms with Gasteiger partial charge in [-0.1, -0.05) is 30.3 Å². The van der Waals surface area contributed by atoms with Gasteiger partial charge in [0.25, 0.3) is 10.0 Å². The summed E-state index contributed by atoms with van der Waals surface area (Å²) in [5.41, 5.74) is 0.731. The molecule has 0 spiro atoms. The molecule has 0 saturated carbocycles. The van der Waals surface area contributed by atoms with E-state index in [1.165, 1.54) is 36.0 Å². The number of hydrogen-bond donors (Lipinski definition) is 2. The molecule has 23 heavy (non-hydrogen) atoms. The average Bonchev–Trinajstić information content (AvgIpc) is 2.90. The molecule has 2 aromatic rings. The third-order valence-electron chi connectivity index (χ3n) is 3.32. The summed E-state index contributed by atoms with van der Waals surface area (Å²) in [5.74, 6) is -0.0184. The van der Waals surface area contributed by atoms with E-state index in [9.17, 15) is 18.3 Å². The van der Waals surface area contributed by atoms with Gasteiger partial charge in [-0.2, -0.15) is 0 Å². The van der Waals surface area contributed by atoms with Crippen LogP contribution >= 0.6 is 11.8 Å². The fourth-order valence-electron chi connectivity index (χ4n) is 2.19. The zero-order valence-corrected chi connectivity index (χ0v) is 13.5. The number of carbonyl (C=O) groups is 1. The summed E-state index contributed by atoms with van der Waals surface area (Å²) >= 11 is 1.32. The first-order chi connectivity index (χ1) is 11.0. The standard InChI is InChI=1S/C15H14N2O4S2/c18-12-8-6-11(7-9-12)15-17(14(19)10-22-15)16-23(20,21)13-4-2-1-3-5-13/h1-9,15-16,18H,10H2/t15-/m1/s1. The smallest absolute Gasteiger partial charge is 0.257 e. The third kappa shape index (κ3) is 3.34. The Morgan fingerprint density at radius 2 is 1.74 bits per heavy atom. The van der Waals surface area contributed by atoms with Crippen molar-refractivity contribution in [2.75, 3.05) is 5.75 Å².